The van der Waals surface area contributed by atoms with Crippen LogP contribution in [0.3, 0.4) is 0 Å². The number of rotatable bonds is 3. The molecule has 1 saturated carbocycles. The molecule has 2 rings (SSSR count). The van der Waals surface area contributed by atoms with E-state index in [9.17, 15) is 0 Å². The predicted molar refractivity (Wildman–Crippen MR) is 55.9 cm³/mol. The fraction of sp³-hybridized carbons (Fsp3) is 0.667. The molecule has 1 aromatic rings. The highest BCUT2D eigenvalue weighted by Crippen LogP contribution is 2.39. The zero-order chi connectivity index (χ0) is 10.2. The summed E-state index contributed by atoms with van der Waals surface area (Å²) in [5.74, 6) is 1.19. The Morgan fingerprint density at radius 3 is 2.71 bits per heavy atom. The Balaban J connectivity index is 2.13. The standard InChI is InChI=1S/C9H13BrN2O2/c1-13-9(3-2-4-9)5-6-7(10)8(11)12-14-6/h2-5H2,1H3,(H2,11,12). The first-order valence-electron chi connectivity index (χ1n) is 4.61. The number of halogens is 1. The van der Waals surface area contributed by atoms with Crippen molar-refractivity contribution in [2.45, 2.75) is 31.3 Å². The van der Waals surface area contributed by atoms with Crippen LogP contribution in [-0.2, 0) is 11.2 Å². The minimum atomic E-state index is -0.0471. The van der Waals surface area contributed by atoms with Gasteiger partial charge in [0.05, 0.1) is 5.60 Å². The highest BCUT2D eigenvalue weighted by atomic mass is 79.9. The summed E-state index contributed by atoms with van der Waals surface area (Å²) in [5.41, 5.74) is 5.52. The SMILES string of the molecule is COC1(Cc2onc(N)c2Br)CCC1. The molecule has 1 aliphatic carbocycles. The average Bonchev–Trinajstić information content (AvgIpc) is 2.42. The number of hydrogen-bond donors (Lipinski definition) is 1. The van der Waals surface area contributed by atoms with Crippen molar-refractivity contribution in [3.63, 3.8) is 0 Å². The summed E-state index contributed by atoms with van der Waals surface area (Å²) in [4.78, 5) is 0. The molecule has 0 bridgehead atoms. The molecule has 0 aromatic carbocycles. The Hall–Kier alpha value is -0.550. The molecule has 0 radical (unpaired) electrons. The molecule has 0 aliphatic heterocycles. The first-order chi connectivity index (χ1) is 6.67. The van der Waals surface area contributed by atoms with E-state index in [1.54, 1.807) is 7.11 Å². The van der Waals surface area contributed by atoms with E-state index in [-0.39, 0.29) is 5.60 Å². The maximum absolute atomic E-state index is 5.57. The number of nitrogens with two attached hydrogens (primary N) is 1. The topological polar surface area (TPSA) is 61.3 Å². The highest BCUT2D eigenvalue weighted by molar-refractivity contribution is 9.10. The maximum Gasteiger partial charge on any atom is 0.181 e. The van der Waals surface area contributed by atoms with Gasteiger partial charge in [-0.25, -0.2) is 0 Å². The molecule has 1 fully saturated rings. The summed E-state index contributed by atoms with van der Waals surface area (Å²) in [7, 11) is 1.74. The van der Waals surface area contributed by atoms with Crippen molar-refractivity contribution in [2.75, 3.05) is 12.8 Å². The van der Waals surface area contributed by atoms with Crippen LogP contribution in [-0.4, -0.2) is 17.9 Å². The number of hydrogen-bond acceptors (Lipinski definition) is 4. The third kappa shape index (κ3) is 1.54. The van der Waals surface area contributed by atoms with Crippen molar-refractivity contribution in [1.29, 1.82) is 0 Å². The lowest BCUT2D eigenvalue weighted by molar-refractivity contribution is -0.0745. The molecule has 4 nitrogen and oxygen atoms in total. The largest absolute Gasteiger partial charge is 0.380 e. The minimum Gasteiger partial charge on any atom is -0.380 e. The van der Waals surface area contributed by atoms with E-state index in [2.05, 4.69) is 21.1 Å². The fourth-order valence-corrected chi connectivity index (χ4v) is 2.04. The predicted octanol–water partition coefficient (Wildman–Crippen LogP) is 2.13. The van der Waals surface area contributed by atoms with Crippen LogP contribution in [0, 0.1) is 0 Å². The Labute approximate surface area is 90.9 Å². The van der Waals surface area contributed by atoms with Crippen molar-refractivity contribution >= 4 is 21.7 Å². The second-order valence-corrected chi connectivity index (χ2v) is 4.52. The lowest BCUT2D eigenvalue weighted by atomic mass is 9.77. The zero-order valence-corrected chi connectivity index (χ0v) is 9.63. The highest BCUT2D eigenvalue weighted by Gasteiger charge is 2.39. The second-order valence-electron chi connectivity index (χ2n) is 3.72. The van der Waals surface area contributed by atoms with Gasteiger partial charge < -0.3 is 15.0 Å². The van der Waals surface area contributed by atoms with Crippen LogP contribution >= 0.6 is 15.9 Å². The van der Waals surface area contributed by atoms with Gasteiger partial charge in [-0.3, -0.25) is 0 Å². The summed E-state index contributed by atoms with van der Waals surface area (Å²) in [6.45, 7) is 0. The van der Waals surface area contributed by atoms with Crippen molar-refractivity contribution in [2.24, 2.45) is 0 Å². The van der Waals surface area contributed by atoms with Crippen LogP contribution in [0.5, 0.6) is 0 Å². The van der Waals surface area contributed by atoms with E-state index in [1.807, 2.05) is 0 Å². The van der Waals surface area contributed by atoms with Crippen LogP contribution in [0.2, 0.25) is 0 Å². The molecule has 0 amide bonds. The summed E-state index contributed by atoms with van der Waals surface area (Å²) in [6.07, 6.45) is 4.12. The smallest absolute Gasteiger partial charge is 0.181 e. The quantitative estimate of drug-likeness (QED) is 0.905. The average molecular weight is 261 g/mol. The molecular formula is C9H13BrN2O2. The van der Waals surface area contributed by atoms with Crippen molar-refractivity contribution in [3.8, 4) is 0 Å². The van der Waals surface area contributed by atoms with E-state index in [0.717, 1.165) is 29.5 Å². The van der Waals surface area contributed by atoms with Gasteiger partial charge in [0.2, 0.25) is 0 Å². The summed E-state index contributed by atoms with van der Waals surface area (Å²) < 4.78 is 11.4. The molecular weight excluding hydrogens is 248 g/mol. The number of nitrogens with zero attached hydrogens (tertiary/aromatic N) is 1. The van der Waals surface area contributed by atoms with Gasteiger partial charge in [-0.2, -0.15) is 0 Å². The molecule has 1 aliphatic rings. The van der Waals surface area contributed by atoms with E-state index in [4.69, 9.17) is 15.0 Å². The molecule has 0 atom stereocenters. The Morgan fingerprint density at radius 1 is 1.64 bits per heavy atom. The Bertz CT molecular complexity index is 328. The third-order valence-electron chi connectivity index (χ3n) is 2.90. The monoisotopic (exact) mass is 260 g/mol. The zero-order valence-electron chi connectivity index (χ0n) is 8.05. The number of nitrogen functional groups attached to an aromatic ring is 1. The summed E-state index contributed by atoms with van der Waals surface area (Å²) in [6, 6.07) is 0. The minimum absolute atomic E-state index is 0.0471. The van der Waals surface area contributed by atoms with Crippen LogP contribution in [0.4, 0.5) is 5.82 Å². The van der Waals surface area contributed by atoms with Crippen LogP contribution < -0.4 is 5.73 Å². The van der Waals surface area contributed by atoms with Gasteiger partial charge in [0.15, 0.2) is 11.6 Å². The molecule has 14 heavy (non-hydrogen) atoms. The number of aromatic nitrogens is 1. The van der Waals surface area contributed by atoms with Gasteiger partial charge >= 0.3 is 0 Å². The number of ether oxygens (including phenoxy) is 1. The van der Waals surface area contributed by atoms with Crippen molar-refractivity contribution in [3.05, 3.63) is 10.2 Å². The molecule has 1 heterocycles. The molecule has 1 aromatic heterocycles. The Morgan fingerprint density at radius 2 is 2.36 bits per heavy atom. The van der Waals surface area contributed by atoms with Gasteiger partial charge in [0, 0.05) is 13.5 Å². The molecule has 5 heteroatoms. The first-order valence-corrected chi connectivity index (χ1v) is 5.41. The van der Waals surface area contributed by atoms with E-state index >= 15 is 0 Å². The van der Waals surface area contributed by atoms with Gasteiger partial charge in [-0.05, 0) is 35.2 Å². The molecule has 2 N–H and O–H groups in total. The maximum atomic E-state index is 5.57. The summed E-state index contributed by atoms with van der Waals surface area (Å²) >= 11 is 3.35. The molecule has 78 valence electrons. The van der Waals surface area contributed by atoms with Gasteiger partial charge in [-0.15, -0.1) is 0 Å². The lowest BCUT2D eigenvalue weighted by Crippen LogP contribution is -2.41. The normalized spacial score (nSPS) is 19.3. The Kier molecular flexibility index (Phi) is 2.53. The molecule has 0 saturated heterocycles. The first kappa shape index (κ1) is 9.98. The van der Waals surface area contributed by atoms with Crippen LogP contribution in [0.1, 0.15) is 25.0 Å². The van der Waals surface area contributed by atoms with Crippen LogP contribution in [0.25, 0.3) is 0 Å². The van der Waals surface area contributed by atoms with E-state index in [0.29, 0.717) is 5.82 Å². The fourth-order valence-electron chi connectivity index (χ4n) is 1.75. The van der Waals surface area contributed by atoms with Gasteiger partial charge in [0.25, 0.3) is 0 Å². The lowest BCUT2D eigenvalue weighted by Gasteiger charge is -2.39. The van der Waals surface area contributed by atoms with E-state index < -0.39 is 0 Å². The number of methoxy groups -OCH3 is 1. The van der Waals surface area contributed by atoms with E-state index in [1.165, 1.54) is 6.42 Å². The van der Waals surface area contributed by atoms with Crippen LogP contribution in [0.15, 0.2) is 9.00 Å². The van der Waals surface area contributed by atoms with Crippen molar-refractivity contribution in [1.82, 2.24) is 5.16 Å². The number of anilines is 1. The van der Waals surface area contributed by atoms with Crippen molar-refractivity contribution < 1.29 is 9.26 Å². The van der Waals surface area contributed by atoms with Gasteiger partial charge in [-0.1, -0.05) is 5.16 Å². The molecule has 0 unspecified atom stereocenters. The third-order valence-corrected chi connectivity index (χ3v) is 3.75. The second kappa shape index (κ2) is 3.55. The summed E-state index contributed by atoms with van der Waals surface area (Å²) in [5, 5.41) is 3.69. The van der Waals surface area contributed by atoms with Gasteiger partial charge in [0.1, 0.15) is 4.47 Å². The molecule has 0 spiro atoms.